The number of aryl methyl sites for hydroxylation is 1. The minimum absolute atomic E-state index is 0.376. The van der Waals surface area contributed by atoms with E-state index in [1.54, 1.807) is 12.1 Å². The Morgan fingerprint density at radius 3 is 2.53 bits per heavy atom. The van der Waals surface area contributed by atoms with Crippen LogP contribution in [0.15, 0.2) is 23.1 Å². The van der Waals surface area contributed by atoms with Gasteiger partial charge in [0.05, 0.1) is 4.90 Å². The van der Waals surface area contributed by atoms with Crippen LogP contribution in [0.3, 0.4) is 0 Å². The van der Waals surface area contributed by atoms with Crippen LogP contribution in [0.1, 0.15) is 31.7 Å². The molecule has 96 valence electrons. The predicted octanol–water partition coefficient (Wildman–Crippen LogP) is 3.00. The number of unbranched alkanes of at least 4 members (excludes halogenated alkanes) is 2. The molecule has 1 aromatic carbocycles. The molecule has 1 N–H and O–H groups in total. The molecule has 0 amide bonds. The Bertz CT molecular complexity index is 466. The third-order valence-electron chi connectivity index (χ3n) is 2.73. The highest BCUT2D eigenvalue weighted by atomic mass is 32.2. The van der Waals surface area contributed by atoms with E-state index in [-0.39, 0.29) is 0 Å². The minimum atomic E-state index is -3.12. The van der Waals surface area contributed by atoms with Crippen LogP contribution in [-0.2, 0) is 9.84 Å². The summed E-state index contributed by atoms with van der Waals surface area (Å²) < 4.78 is 22.9. The molecule has 0 radical (unpaired) electrons. The summed E-state index contributed by atoms with van der Waals surface area (Å²) in [6.45, 7) is 5.03. The van der Waals surface area contributed by atoms with E-state index < -0.39 is 9.84 Å². The third kappa shape index (κ3) is 4.38. The van der Waals surface area contributed by atoms with Crippen molar-refractivity contribution in [3.63, 3.8) is 0 Å². The molecule has 0 bridgehead atoms. The van der Waals surface area contributed by atoms with Crippen molar-refractivity contribution in [2.45, 2.75) is 38.0 Å². The lowest BCUT2D eigenvalue weighted by atomic mass is 10.2. The van der Waals surface area contributed by atoms with Gasteiger partial charge in [-0.2, -0.15) is 0 Å². The van der Waals surface area contributed by atoms with Crippen molar-refractivity contribution < 1.29 is 8.42 Å². The maximum absolute atomic E-state index is 11.4. The summed E-state index contributed by atoms with van der Waals surface area (Å²) in [5.74, 6) is 0. The summed E-state index contributed by atoms with van der Waals surface area (Å²) in [5.41, 5.74) is 2.00. The summed E-state index contributed by atoms with van der Waals surface area (Å²) in [6.07, 6.45) is 4.72. The molecule has 0 atom stereocenters. The first kappa shape index (κ1) is 14.0. The number of sulfone groups is 1. The van der Waals surface area contributed by atoms with Crippen molar-refractivity contribution >= 4 is 15.5 Å². The molecule has 0 saturated heterocycles. The maximum atomic E-state index is 11.4. The van der Waals surface area contributed by atoms with E-state index >= 15 is 0 Å². The molecule has 1 aromatic rings. The molecule has 1 rings (SSSR count). The lowest BCUT2D eigenvalue weighted by Crippen LogP contribution is -2.05. The smallest absolute Gasteiger partial charge is 0.175 e. The summed E-state index contributed by atoms with van der Waals surface area (Å²) in [6, 6.07) is 5.22. The van der Waals surface area contributed by atoms with E-state index in [0.29, 0.717) is 4.90 Å². The standard InChI is InChI=1S/C13H21NO2S/c1-4-5-6-9-14-13-10-12(17(3,15)16)8-7-11(13)2/h7-8,10,14H,4-6,9H2,1-3H3. The Morgan fingerprint density at radius 2 is 1.94 bits per heavy atom. The van der Waals surface area contributed by atoms with Crippen LogP contribution in [-0.4, -0.2) is 21.2 Å². The zero-order valence-corrected chi connectivity index (χ0v) is 11.6. The first-order valence-corrected chi connectivity index (χ1v) is 7.89. The second-order valence-electron chi connectivity index (χ2n) is 4.38. The summed E-state index contributed by atoms with van der Waals surface area (Å²) in [4.78, 5) is 0.376. The molecule has 0 fully saturated rings. The van der Waals surface area contributed by atoms with Gasteiger partial charge in [-0.1, -0.05) is 25.8 Å². The summed E-state index contributed by atoms with van der Waals surface area (Å²) in [5, 5.41) is 3.30. The van der Waals surface area contributed by atoms with Crippen molar-refractivity contribution in [2.24, 2.45) is 0 Å². The molecule has 0 saturated carbocycles. The van der Waals surface area contributed by atoms with E-state index in [4.69, 9.17) is 0 Å². The molecule has 3 nitrogen and oxygen atoms in total. The quantitative estimate of drug-likeness (QED) is 0.795. The highest BCUT2D eigenvalue weighted by Gasteiger charge is 2.08. The molecule has 4 heteroatoms. The number of nitrogens with one attached hydrogen (secondary N) is 1. The molecular formula is C13H21NO2S. The van der Waals surface area contributed by atoms with Crippen molar-refractivity contribution in [3.05, 3.63) is 23.8 Å². The molecule has 0 unspecified atom stereocenters. The van der Waals surface area contributed by atoms with Gasteiger partial charge in [0.2, 0.25) is 0 Å². The second-order valence-corrected chi connectivity index (χ2v) is 6.40. The molecule has 0 aromatic heterocycles. The van der Waals surface area contributed by atoms with Gasteiger partial charge in [0, 0.05) is 18.5 Å². The average molecular weight is 255 g/mol. The molecule has 0 spiro atoms. The van der Waals surface area contributed by atoms with Gasteiger partial charge in [0.1, 0.15) is 0 Å². The fourth-order valence-corrected chi connectivity index (χ4v) is 2.27. The van der Waals surface area contributed by atoms with Crippen LogP contribution in [0.25, 0.3) is 0 Å². The van der Waals surface area contributed by atoms with E-state index in [1.807, 2.05) is 13.0 Å². The second kappa shape index (κ2) is 6.05. The number of hydrogen-bond acceptors (Lipinski definition) is 3. The Balaban J connectivity index is 2.77. The fourth-order valence-electron chi connectivity index (χ4n) is 1.62. The van der Waals surface area contributed by atoms with Gasteiger partial charge >= 0.3 is 0 Å². The normalized spacial score (nSPS) is 11.5. The monoisotopic (exact) mass is 255 g/mol. The van der Waals surface area contributed by atoms with Gasteiger partial charge < -0.3 is 5.32 Å². The zero-order valence-electron chi connectivity index (χ0n) is 10.8. The van der Waals surface area contributed by atoms with Crippen molar-refractivity contribution in [3.8, 4) is 0 Å². The third-order valence-corrected chi connectivity index (χ3v) is 3.84. The van der Waals surface area contributed by atoms with E-state index in [0.717, 1.165) is 24.2 Å². The lowest BCUT2D eigenvalue weighted by molar-refractivity contribution is 0.602. The van der Waals surface area contributed by atoms with Crippen LogP contribution in [0.4, 0.5) is 5.69 Å². The highest BCUT2D eigenvalue weighted by molar-refractivity contribution is 7.90. The van der Waals surface area contributed by atoms with Gasteiger partial charge in [-0.25, -0.2) is 8.42 Å². The molecule has 0 heterocycles. The van der Waals surface area contributed by atoms with E-state index in [9.17, 15) is 8.42 Å². The zero-order chi connectivity index (χ0) is 12.9. The number of rotatable bonds is 6. The first-order chi connectivity index (χ1) is 7.95. The summed E-state index contributed by atoms with van der Waals surface area (Å²) in [7, 11) is -3.12. The van der Waals surface area contributed by atoms with Gasteiger partial charge in [0.15, 0.2) is 9.84 Å². The van der Waals surface area contributed by atoms with Gasteiger partial charge in [-0.05, 0) is 31.0 Å². The largest absolute Gasteiger partial charge is 0.385 e. The van der Waals surface area contributed by atoms with Crippen LogP contribution in [0.2, 0.25) is 0 Å². The SMILES string of the molecule is CCCCCNc1cc(S(C)(=O)=O)ccc1C. The van der Waals surface area contributed by atoms with Crippen molar-refractivity contribution in [1.29, 1.82) is 0 Å². The maximum Gasteiger partial charge on any atom is 0.175 e. The molecular weight excluding hydrogens is 234 g/mol. The first-order valence-electron chi connectivity index (χ1n) is 5.99. The van der Waals surface area contributed by atoms with Crippen molar-refractivity contribution in [1.82, 2.24) is 0 Å². The number of benzene rings is 1. The summed E-state index contributed by atoms with van der Waals surface area (Å²) >= 11 is 0. The predicted molar refractivity (Wildman–Crippen MR) is 72.3 cm³/mol. The Hall–Kier alpha value is -1.03. The highest BCUT2D eigenvalue weighted by Crippen LogP contribution is 2.20. The van der Waals surface area contributed by atoms with E-state index in [1.165, 1.54) is 19.1 Å². The lowest BCUT2D eigenvalue weighted by Gasteiger charge is -2.10. The molecule has 0 aliphatic carbocycles. The molecule has 0 aliphatic heterocycles. The van der Waals surface area contributed by atoms with Crippen molar-refractivity contribution in [2.75, 3.05) is 18.1 Å². The number of hydrogen-bond donors (Lipinski definition) is 1. The Kier molecular flexibility index (Phi) is 5.00. The van der Waals surface area contributed by atoms with E-state index in [2.05, 4.69) is 12.2 Å². The number of anilines is 1. The molecule has 0 aliphatic rings. The van der Waals surface area contributed by atoms with Crippen LogP contribution < -0.4 is 5.32 Å². The topological polar surface area (TPSA) is 46.2 Å². The Labute approximate surface area is 104 Å². The van der Waals surface area contributed by atoms with Gasteiger partial charge in [-0.15, -0.1) is 0 Å². The van der Waals surface area contributed by atoms with Crippen LogP contribution in [0.5, 0.6) is 0 Å². The van der Waals surface area contributed by atoms with Gasteiger partial charge in [-0.3, -0.25) is 0 Å². The molecule has 17 heavy (non-hydrogen) atoms. The Morgan fingerprint density at radius 1 is 1.24 bits per heavy atom. The van der Waals surface area contributed by atoms with Crippen LogP contribution in [0, 0.1) is 6.92 Å². The minimum Gasteiger partial charge on any atom is -0.385 e. The fraction of sp³-hybridized carbons (Fsp3) is 0.538. The average Bonchev–Trinajstić information content (AvgIpc) is 2.25. The van der Waals surface area contributed by atoms with Crippen LogP contribution >= 0.6 is 0 Å². The van der Waals surface area contributed by atoms with Gasteiger partial charge in [0.25, 0.3) is 0 Å².